The minimum atomic E-state index is -4.50. The second-order valence-electron chi connectivity index (χ2n) is 15.3. The molecule has 6 amide bonds. The summed E-state index contributed by atoms with van der Waals surface area (Å²) in [6.07, 6.45) is -2.40. The molecule has 0 saturated carbocycles. The van der Waals surface area contributed by atoms with Crippen molar-refractivity contribution in [1.82, 2.24) is 36.3 Å². The number of aryl methyl sites for hydroxylation is 1. The normalized spacial score (nSPS) is 13.5. The molecule has 22 nitrogen and oxygen atoms in total. The summed E-state index contributed by atoms with van der Waals surface area (Å²) in [5.41, 5.74) is 7.52. The van der Waals surface area contributed by atoms with Crippen molar-refractivity contribution in [2.75, 3.05) is 6.54 Å². The van der Waals surface area contributed by atoms with Gasteiger partial charge in [0, 0.05) is 42.8 Å². The number of carbonyl (C=O) groups is 9. The smallest absolute Gasteiger partial charge is 0.305 e. The maximum atomic E-state index is 14.3. The molecule has 0 bridgehead atoms. The van der Waals surface area contributed by atoms with Crippen LogP contribution in [0.25, 0.3) is 10.9 Å². The molecule has 1 aromatic heterocycles. The van der Waals surface area contributed by atoms with Crippen molar-refractivity contribution < 1.29 is 71.3 Å². The van der Waals surface area contributed by atoms with E-state index in [0.717, 1.165) is 12.1 Å². The summed E-state index contributed by atoms with van der Waals surface area (Å²) in [6, 6.07) is 8.90. The van der Waals surface area contributed by atoms with Crippen molar-refractivity contribution in [3.63, 3.8) is 0 Å². The fraction of sp³-hybridized carbons (Fsp3) is 0.326. The van der Waals surface area contributed by atoms with Gasteiger partial charge < -0.3 is 52.6 Å². The number of para-hydroxylation sites is 1. The highest BCUT2D eigenvalue weighted by atomic mass is 32.2. The zero-order valence-corrected chi connectivity index (χ0v) is 36.6. The van der Waals surface area contributed by atoms with Gasteiger partial charge in [0.2, 0.25) is 45.5 Å². The molecule has 1 heterocycles. The van der Waals surface area contributed by atoms with Crippen LogP contribution in [-0.2, 0) is 66.0 Å². The Bertz CT molecular complexity index is 2610. The molecule has 0 fully saturated rings. The number of hydrogen-bond acceptors (Lipinski definition) is 11. The van der Waals surface area contributed by atoms with Crippen molar-refractivity contribution in [3.8, 4) is 0 Å². The molecule has 24 heteroatoms. The minimum Gasteiger partial charge on any atom is -0.481 e. The standard InChI is InChI=1S/C43H49FN8O14S/c1-23-9-11-27(12-10-23)67(65,66)52-34(20-38(58)59)43(64)50-31(14-16-37(56)57)40(61)47-22-35(53)48-32(18-24-5-4-6-26(44)17-24)41(62)51-33(19-25-21-46-29-8-3-2-7-28(25)29)42(63)49-30(39(45)60)13-15-36(54)55/h2-12,17,21,30-34,46,52H,13-16,18-20,22H2,1H3,(H2,45,60)(H,47,61)(H,48,53)(H,49,63)(H,50,64)(H,51,62)(H,54,55)(H,56,57)(H,58,59)/t30-,31-,32-,33-,34+/m0/s1. The number of aliphatic carboxylic acids is 3. The van der Waals surface area contributed by atoms with Crippen molar-refractivity contribution in [3.05, 3.63) is 102 Å². The van der Waals surface area contributed by atoms with Gasteiger partial charge in [-0.2, -0.15) is 4.72 Å². The highest BCUT2D eigenvalue weighted by Crippen LogP contribution is 2.20. The molecule has 12 N–H and O–H groups in total. The molecule has 3 aromatic carbocycles. The van der Waals surface area contributed by atoms with Crippen LogP contribution >= 0.6 is 0 Å². The summed E-state index contributed by atoms with van der Waals surface area (Å²) < 4.78 is 42.4. The van der Waals surface area contributed by atoms with Gasteiger partial charge in [-0.1, -0.05) is 48.0 Å². The molecule has 5 atom stereocenters. The fourth-order valence-electron chi connectivity index (χ4n) is 6.62. The van der Waals surface area contributed by atoms with Gasteiger partial charge in [-0.3, -0.25) is 43.2 Å². The number of aromatic nitrogens is 1. The Morgan fingerprint density at radius 2 is 1.25 bits per heavy atom. The lowest BCUT2D eigenvalue weighted by Crippen LogP contribution is -2.58. The molecule has 0 aliphatic carbocycles. The lowest BCUT2D eigenvalue weighted by atomic mass is 10.0. The number of H-pyrrole nitrogens is 1. The number of sulfonamides is 1. The van der Waals surface area contributed by atoms with Crippen LogP contribution in [-0.4, -0.2) is 119 Å². The average molecular weight is 953 g/mol. The van der Waals surface area contributed by atoms with Crippen LogP contribution in [0, 0.1) is 12.7 Å². The third-order valence-electron chi connectivity index (χ3n) is 10.0. The van der Waals surface area contributed by atoms with E-state index in [2.05, 4.69) is 31.6 Å². The monoisotopic (exact) mass is 952 g/mol. The predicted octanol–water partition coefficient (Wildman–Crippen LogP) is -0.507. The van der Waals surface area contributed by atoms with Gasteiger partial charge in [0.25, 0.3) is 0 Å². The Balaban J connectivity index is 1.55. The number of carbonyl (C=O) groups excluding carboxylic acids is 6. The second-order valence-corrected chi connectivity index (χ2v) is 17.0. The van der Waals surface area contributed by atoms with Gasteiger partial charge in [-0.05, 0) is 61.2 Å². The van der Waals surface area contributed by atoms with Crippen molar-refractivity contribution >= 4 is 74.3 Å². The first kappa shape index (κ1) is 51.9. The summed E-state index contributed by atoms with van der Waals surface area (Å²) in [4.78, 5) is 117. The molecule has 4 aromatic rings. The molecule has 0 aliphatic heterocycles. The van der Waals surface area contributed by atoms with Crippen molar-refractivity contribution in [2.45, 2.75) is 87.0 Å². The zero-order valence-electron chi connectivity index (χ0n) is 35.7. The summed E-state index contributed by atoms with van der Waals surface area (Å²) in [6.45, 7) is 0.748. The highest BCUT2D eigenvalue weighted by Gasteiger charge is 2.33. The number of fused-ring (bicyclic) bond motifs is 1. The molecule has 0 unspecified atom stereocenters. The summed E-state index contributed by atoms with van der Waals surface area (Å²) >= 11 is 0. The number of halogens is 1. The summed E-state index contributed by atoms with van der Waals surface area (Å²) in [5.74, 6) is -11.6. The Morgan fingerprint density at radius 1 is 0.672 bits per heavy atom. The number of carboxylic acid groups (broad SMARTS) is 3. The van der Waals surface area contributed by atoms with E-state index in [1.165, 1.54) is 36.4 Å². The molecular weight excluding hydrogens is 904 g/mol. The first-order valence-corrected chi connectivity index (χ1v) is 21.9. The molecular formula is C43H49FN8O14S. The average Bonchev–Trinajstić information content (AvgIpc) is 3.66. The SMILES string of the molecule is Cc1ccc(S(=O)(=O)N[C@H](CC(=O)O)C(=O)N[C@@H](CCC(=O)O)C(=O)NCC(=O)N[C@@H](Cc2cccc(F)c2)C(=O)N[C@@H](Cc2c[nH]c3ccccc23)C(=O)N[C@@H](CCC(=O)O)C(N)=O)cc1. The van der Waals surface area contributed by atoms with Crippen LogP contribution in [0.5, 0.6) is 0 Å². The van der Waals surface area contributed by atoms with Gasteiger partial charge in [-0.15, -0.1) is 0 Å². The molecule has 4 rings (SSSR count). The summed E-state index contributed by atoms with van der Waals surface area (Å²) in [5, 5.41) is 40.2. The van der Waals surface area contributed by atoms with Gasteiger partial charge in [-0.25, -0.2) is 12.8 Å². The zero-order chi connectivity index (χ0) is 49.4. The first-order chi connectivity index (χ1) is 31.6. The van der Waals surface area contributed by atoms with Gasteiger partial charge >= 0.3 is 17.9 Å². The summed E-state index contributed by atoms with van der Waals surface area (Å²) in [7, 11) is -4.50. The number of benzene rings is 3. The van der Waals surface area contributed by atoms with Crippen molar-refractivity contribution in [2.24, 2.45) is 5.73 Å². The van der Waals surface area contributed by atoms with Gasteiger partial charge in [0.1, 0.15) is 36.0 Å². The van der Waals surface area contributed by atoms with Crippen LogP contribution in [0.1, 0.15) is 48.8 Å². The Kier molecular flexibility index (Phi) is 18.6. The number of aromatic amines is 1. The van der Waals surface area contributed by atoms with E-state index >= 15 is 0 Å². The number of hydrogen-bond donors (Lipinski definition) is 11. The third-order valence-corrected chi connectivity index (χ3v) is 11.5. The first-order valence-electron chi connectivity index (χ1n) is 20.4. The maximum Gasteiger partial charge on any atom is 0.305 e. The number of nitrogens with two attached hydrogens (primary N) is 1. The number of carboxylic acids is 3. The topological polar surface area (TPSA) is 362 Å². The molecule has 358 valence electrons. The van der Waals surface area contributed by atoms with Crippen LogP contribution in [0.4, 0.5) is 4.39 Å². The molecule has 0 spiro atoms. The Morgan fingerprint density at radius 3 is 1.87 bits per heavy atom. The van der Waals surface area contributed by atoms with Crippen LogP contribution in [0.3, 0.4) is 0 Å². The van der Waals surface area contributed by atoms with E-state index in [9.17, 15) is 66.2 Å². The second kappa shape index (κ2) is 24.0. The molecule has 0 aliphatic rings. The van der Waals surface area contributed by atoms with E-state index in [1.54, 1.807) is 37.4 Å². The number of amides is 6. The van der Waals surface area contributed by atoms with Crippen LogP contribution < -0.4 is 37.0 Å². The number of nitrogens with one attached hydrogen (secondary N) is 7. The van der Waals surface area contributed by atoms with Gasteiger partial charge in [0.05, 0.1) is 17.9 Å². The van der Waals surface area contributed by atoms with E-state index in [1.807, 2.05) is 4.72 Å². The largest absolute Gasteiger partial charge is 0.481 e. The van der Waals surface area contributed by atoms with Crippen LogP contribution in [0.2, 0.25) is 0 Å². The number of primary amides is 1. The predicted molar refractivity (Wildman–Crippen MR) is 233 cm³/mol. The van der Waals surface area contributed by atoms with Crippen LogP contribution in [0.15, 0.2) is 83.9 Å². The lowest BCUT2D eigenvalue weighted by Gasteiger charge is -2.25. The maximum absolute atomic E-state index is 14.3. The van der Waals surface area contributed by atoms with E-state index in [-0.39, 0.29) is 23.3 Å². The highest BCUT2D eigenvalue weighted by molar-refractivity contribution is 7.89. The lowest BCUT2D eigenvalue weighted by molar-refractivity contribution is -0.140. The van der Waals surface area contributed by atoms with Gasteiger partial charge in [0.15, 0.2) is 0 Å². The quantitative estimate of drug-likeness (QED) is 0.0378. The molecule has 67 heavy (non-hydrogen) atoms. The number of rotatable bonds is 26. The van der Waals surface area contributed by atoms with E-state index < -0.39 is 138 Å². The Hall–Kier alpha value is -7.73. The van der Waals surface area contributed by atoms with E-state index in [0.29, 0.717) is 22.0 Å². The molecule has 0 radical (unpaired) electrons. The molecule has 0 saturated heterocycles. The Labute approximate surface area is 381 Å². The third kappa shape index (κ3) is 16.3. The fourth-order valence-corrected chi connectivity index (χ4v) is 7.81. The van der Waals surface area contributed by atoms with E-state index in [4.69, 9.17) is 10.8 Å². The van der Waals surface area contributed by atoms with Crippen molar-refractivity contribution in [1.29, 1.82) is 0 Å². The minimum absolute atomic E-state index is 0.190.